The Bertz CT molecular complexity index is 989. The van der Waals surface area contributed by atoms with Crippen LogP contribution in [0.25, 0.3) is 0 Å². The average Bonchev–Trinajstić information content (AvgIpc) is 2.70. The highest BCUT2D eigenvalue weighted by Gasteiger charge is 2.17. The zero-order valence-electron chi connectivity index (χ0n) is 14.5. The fraction of sp³-hybridized carbons (Fsp3) is 0.143. The molecule has 4 nitrogen and oxygen atoms in total. The minimum Gasteiger partial charge on any atom is -0.352 e. The molecular formula is C21H17F2N3O. The first-order valence-corrected chi connectivity index (χ1v) is 8.64. The monoisotopic (exact) mass is 365 g/mol. The zero-order valence-corrected chi connectivity index (χ0v) is 14.5. The lowest BCUT2D eigenvalue weighted by molar-refractivity contribution is 0.102. The van der Waals surface area contributed by atoms with Gasteiger partial charge in [-0.05, 0) is 41.8 Å². The van der Waals surface area contributed by atoms with E-state index in [4.69, 9.17) is 0 Å². The Morgan fingerprint density at radius 3 is 2.56 bits per heavy atom. The standard InChI is InChI=1S/C21H17F2N3O/c22-18-7-6-17(11-19(18)23)25-21(27)15-5-8-20(24-12-15)26-10-9-14-3-1-2-4-16(14)13-26/h1-8,11-12H,9-10,13H2,(H,25,27). The van der Waals surface area contributed by atoms with Crippen molar-refractivity contribution < 1.29 is 13.6 Å². The van der Waals surface area contributed by atoms with Crippen LogP contribution >= 0.6 is 0 Å². The van der Waals surface area contributed by atoms with Gasteiger partial charge in [-0.3, -0.25) is 4.79 Å². The predicted octanol–water partition coefficient (Wildman–Crippen LogP) is 4.17. The van der Waals surface area contributed by atoms with Crippen LogP contribution in [-0.2, 0) is 13.0 Å². The molecule has 0 aliphatic carbocycles. The maximum Gasteiger partial charge on any atom is 0.257 e. The number of halogens is 2. The van der Waals surface area contributed by atoms with Gasteiger partial charge in [0, 0.05) is 31.0 Å². The molecule has 0 radical (unpaired) electrons. The lowest BCUT2D eigenvalue weighted by Gasteiger charge is -2.29. The second-order valence-electron chi connectivity index (χ2n) is 6.43. The Hall–Kier alpha value is -3.28. The van der Waals surface area contributed by atoms with E-state index in [-0.39, 0.29) is 5.69 Å². The first kappa shape index (κ1) is 17.1. The summed E-state index contributed by atoms with van der Waals surface area (Å²) in [6, 6.07) is 15.0. The second kappa shape index (κ2) is 7.15. The molecule has 4 rings (SSSR count). The Morgan fingerprint density at radius 2 is 1.81 bits per heavy atom. The van der Waals surface area contributed by atoms with Crippen LogP contribution in [0.2, 0.25) is 0 Å². The van der Waals surface area contributed by atoms with Crippen molar-refractivity contribution in [2.45, 2.75) is 13.0 Å². The lowest BCUT2D eigenvalue weighted by Crippen LogP contribution is -2.31. The molecule has 0 spiro atoms. The van der Waals surface area contributed by atoms with Crippen molar-refractivity contribution in [3.05, 3.63) is 89.1 Å². The van der Waals surface area contributed by atoms with Crippen LogP contribution in [0, 0.1) is 11.6 Å². The molecule has 0 saturated heterocycles. The molecule has 1 N–H and O–H groups in total. The van der Waals surface area contributed by atoms with Gasteiger partial charge in [-0.25, -0.2) is 13.8 Å². The average molecular weight is 365 g/mol. The summed E-state index contributed by atoms with van der Waals surface area (Å²) in [6.07, 6.45) is 2.45. The van der Waals surface area contributed by atoms with Gasteiger partial charge >= 0.3 is 0 Å². The van der Waals surface area contributed by atoms with Crippen LogP contribution in [0.15, 0.2) is 60.8 Å². The lowest BCUT2D eigenvalue weighted by atomic mass is 10.00. The van der Waals surface area contributed by atoms with E-state index >= 15 is 0 Å². The first-order chi connectivity index (χ1) is 13.1. The second-order valence-corrected chi connectivity index (χ2v) is 6.43. The van der Waals surface area contributed by atoms with Crippen LogP contribution < -0.4 is 10.2 Å². The molecule has 0 fully saturated rings. The van der Waals surface area contributed by atoms with Crippen molar-refractivity contribution >= 4 is 17.4 Å². The SMILES string of the molecule is O=C(Nc1ccc(F)c(F)c1)c1ccc(N2CCc3ccccc3C2)nc1. The number of fused-ring (bicyclic) bond motifs is 1. The van der Waals surface area contributed by atoms with Crippen LogP contribution in [0.4, 0.5) is 20.3 Å². The van der Waals surface area contributed by atoms with Crippen molar-refractivity contribution in [1.29, 1.82) is 0 Å². The number of amides is 1. The van der Waals surface area contributed by atoms with Gasteiger partial charge in [-0.2, -0.15) is 0 Å². The summed E-state index contributed by atoms with van der Waals surface area (Å²) in [6.45, 7) is 1.65. The smallest absolute Gasteiger partial charge is 0.257 e. The molecule has 2 aromatic carbocycles. The maximum atomic E-state index is 13.3. The minimum atomic E-state index is -1.01. The maximum absolute atomic E-state index is 13.3. The summed E-state index contributed by atoms with van der Waals surface area (Å²) in [5, 5.41) is 2.54. The van der Waals surface area contributed by atoms with Crippen molar-refractivity contribution in [2.24, 2.45) is 0 Å². The van der Waals surface area contributed by atoms with E-state index in [1.807, 2.05) is 12.1 Å². The Kier molecular flexibility index (Phi) is 4.54. The molecular weight excluding hydrogens is 348 g/mol. The minimum absolute atomic E-state index is 0.190. The van der Waals surface area contributed by atoms with Crippen LogP contribution in [0.5, 0.6) is 0 Å². The molecule has 1 aliphatic rings. The predicted molar refractivity (Wildman–Crippen MR) is 99.7 cm³/mol. The highest BCUT2D eigenvalue weighted by atomic mass is 19.2. The van der Waals surface area contributed by atoms with Gasteiger partial charge in [0.1, 0.15) is 5.82 Å². The summed E-state index contributed by atoms with van der Waals surface area (Å²) >= 11 is 0. The van der Waals surface area contributed by atoms with Crippen LogP contribution in [0.3, 0.4) is 0 Å². The van der Waals surface area contributed by atoms with E-state index in [0.29, 0.717) is 5.56 Å². The third-order valence-electron chi connectivity index (χ3n) is 4.64. The van der Waals surface area contributed by atoms with Crippen molar-refractivity contribution in [3.8, 4) is 0 Å². The summed E-state index contributed by atoms with van der Waals surface area (Å²) in [5.74, 6) is -1.59. The van der Waals surface area contributed by atoms with E-state index in [0.717, 1.165) is 37.5 Å². The third-order valence-corrected chi connectivity index (χ3v) is 4.64. The van der Waals surface area contributed by atoms with Crippen molar-refractivity contribution in [2.75, 3.05) is 16.8 Å². The molecule has 0 saturated carbocycles. The third kappa shape index (κ3) is 3.65. The number of carbonyl (C=O) groups is 1. The van der Waals surface area contributed by atoms with Gasteiger partial charge in [-0.1, -0.05) is 24.3 Å². The zero-order chi connectivity index (χ0) is 18.8. The van der Waals surface area contributed by atoms with Gasteiger partial charge in [-0.15, -0.1) is 0 Å². The number of pyridine rings is 1. The van der Waals surface area contributed by atoms with E-state index in [9.17, 15) is 13.6 Å². The summed E-state index contributed by atoms with van der Waals surface area (Å²) in [7, 11) is 0. The summed E-state index contributed by atoms with van der Waals surface area (Å²) < 4.78 is 26.2. The molecule has 136 valence electrons. The highest BCUT2D eigenvalue weighted by Crippen LogP contribution is 2.23. The first-order valence-electron chi connectivity index (χ1n) is 8.64. The number of benzene rings is 2. The molecule has 0 bridgehead atoms. The normalized spacial score (nSPS) is 13.2. The van der Waals surface area contributed by atoms with Gasteiger partial charge in [0.05, 0.1) is 5.56 Å². The number of hydrogen-bond acceptors (Lipinski definition) is 3. The number of anilines is 2. The molecule has 1 amide bonds. The van der Waals surface area contributed by atoms with Crippen molar-refractivity contribution in [1.82, 2.24) is 4.98 Å². The highest BCUT2D eigenvalue weighted by molar-refractivity contribution is 6.04. The van der Waals surface area contributed by atoms with E-state index in [1.165, 1.54) is 23.4 Å². The molecule has 6 heteroatoms. The number of hydrogen-bond donors (Lipinski definition) is 1. The summed E-state index contributed by atoms with van der Waals surface area (Å²) in [5.41, 5.74) is 3.18. The quantitative estimate of drug-likeness (QED) is 0.758. The fourth-order valence-electron chi connectivity index (χ4n) is 3.18. The number of nitrogens with one attached hydrogen (secondary N) is 1. The molecule has 1 aliphatic heterocycles. The number of aromatic nitrogens is 1. The molecule has 27 heavy (non-hydrogen) atoms. The molecule has 2 heterocycles. The van der Waals surface area contributed by atoms with Gasteiger partial charge in [0.25, 0.3) is 5.91 Å². The number of carbonyl (C=O) groups excluding carboxylic acids is 1. The van der Waals surface area contributed by atoms with Crippen LogP contribution in [0.1, 0.15) is 21.5 Å². The number of rotatable bonds is 3. The van der Waals surface area contributed by atoms with Gasteiger partial charge in [0.15, 0.2) is 11.6 Å². The molecule has 1 aromatic heterocycles. The Balaban J connectivity index is 1.46. The van der Waals surface area contributed by atoms with Crippen molar-refractivity contribution in [3.63, 3.8) is 0 Å². The van der Waals surface area contributed by atoms with E-state index in [1.54, 1.807) is 12.1 Å². The Morgan fingerprint density at radius 1 is 1.00 bits per heavy atom. The molecule has 0 atom stereocenters. The largest absolute Gasteiger partial charge is 0.352 e. The molecule has 3 aromatic rings. The van der Waals surface area contributed by atoms with Gasteiger partial charge < -0.3 is 10.2 Å². The van der Waals surface area contributed by atoms with Gasteiger partial charge in [0.2, 0.25) is 0 Å². The number of nitrogens with zero attached hydrogens (tertiary/aromatic N) is 2. The van der Waals surface area contributed by atoms with E-state index < -0.39 is 17.5 Å². The van der Waals surface area contributed by atoms with Crippen LogP contribution in [-0.4, -0.2) is 17.4 Å². The Labute approximate surface area is 155 Å². The topological polar surface area (TPSA) is 45.2 Å². The van der Waals surface area contributed by atoms with E-state index in [2.05, 4.69) is 27.3 Å². The summed E-state index contributed by atoms with van der Waals surface area (Å²) in [4.78, 5) is 18.8. The fourth-order valence-corrected chi connectivity index (χ4v) is 3.18. The molecule has 0 unspecified atom stereocenters.